The molecule has 1 atom stereocenters. The van der Waals surface area contributed by atoms with Crippen molar-refractivity contribution in [2.45, 2.75) is 34.6 Å². The van der Waals surface area contributed by atoms with Crippen LogP contribution in [0.5, 0.6) is 0 Å². The fourth-order valence-electron chi connectivity index (χ4n) is 2.61. The summed E-state index contributed by atoms with van der Waals surface area (Å²) in [5, 5.41) is 0. The van der Waals surface area contributed by atoms with Crippen molar-refractivity contribution in [3.05, 3.63) is 109 Å². The largest absolute Gasteiger partial charge is 0.460 e. The van der Waals surface area contributed by atoms with Gasteiger partial charge in [0.25, 0.3) is 0 Å². The molecule has 0 aromatic heterocycles. The molecule has 0 spiro atoms. The van der Waals surface area contributed by atoms with E-state index in [2.05, 4.69) is 19.7 Å². The lowest BCUT2D eigenvalue weighted by Gasteiger charge is -2.21. The summed E-state index contributed by atoms with van der Waals surface area (Å²) in [4.78, 5) is 12.7. The molecule has 3 heteroatoms. The summed E-state index contributed by atoms with van der Waals surface area (Å²) in [5.74, 6) is 0.739. The molecule has 0 aromatic rings. The van der Waals surface area contributed by atoms with E-state index in [9.17, 15) is 4.79 Å². The average molecular weight is 409 g/mol. The fraction of sp³-hybridized carbons (Fsp3) is 0.296. The molecule has 0 radical (unpaired) electrons. The van der Waals surface area contributed by atoms with Gasteiger partial charge in [-0.3, -0.25) is 4.79 Å². The van der Waals surface area contributed by atoms with Gasteiger partial charge >= 0.3 is 5.97 Å². The van der Waals surface area contributed by atoms with Crippen molar-refractivity contribution in [2.24, 2.45) is 11.8 Å². The molecule has 30 heavy (non-hydrogen) atoms. The molecule has 0 aromatic carbocycles. The van der Waals surface area contributed by atoms with Crippen LogP contribution in [0, 0.1) is 11.8 Å². The molecule has 0 aliphatic heterocycles. The Morgan fingerprint density at radius 2 is 1.57 bits per heavy atom. The number of carbonyl (C=O) groups excluding carboxylic acids is 1. The molecule has 0 amide bonds. The quantitative estimate of drug-likeness (QED) is 0.184. The third kappa shape index (κ3) is 10.5. The van der Waals surface area contributed by atoms with Gasteiger partial charge in [-0.15, -0.1) is 0 Å². The first-order chi connectivity index (χ1) is 14.3. The van der Waals surface area contributed by atoms with Crippen molar-refractivity contribution >= 4 is 5.97 Å². The molecule has 0 N–H and O–H groups in total. The van der Waals surface area contributed by atoms with Gasteiger partial charge < -0.3 is 9.47 Å². The maximum Gasteiger partial charge on any atom is 0.313 e. The molecular weight excluding hydrogens is 372 g/mol. The molecule has 0 fully saturated rings. The van der Waals surface area contributed by atoms with E-state index in [4.69, 9.17) is 9.47 Å². The summed E-state index contributed by atoms with van der Waals surface area (Å²) >= 11 is 0. The third-order valence-electron chi connectivity index (χ3n) is 4.03. The molecule has 0 rings (SSSR count). The maximum atomic E-state index is 12.7. The molecule has 0 bridgehead atoms. The summed E-state index contributed by atoms with van der Waals surface area (Å²) in [5.41, 5.74) is 1.53. The number of ether oxygens (including phenoxy) is 2. The normalized spacial score (nSPS) is 14.5. The van der Waals surface area contributed by atoms with E-state index in [1.807, 2.05) is 77.2 Å². The standard InChI is InChI=1S/C27H36O3/c1-9-14-17-23(12-4)26(21(6)7)27(28)29-20-22(8)19-25(16-11-3)30-24(13-5)18-15-10-2/h9-19,21,26H,1-2,8,20H2,3-7H3/b16-11-,17-14-,18-15-,23-12+,24-13+,25-19+. The van der Waals surface area contributed by atoms with Gasteiger partial charge in [0.1, 0.15) is 18.1 Å². The van der Waals surface area contributed by atoms with Crippen LogP contribution in [-0.4, -0.2) is 12.6 Å². The Bertz CT molecular complexity index is 768. The smallest absolute Gasteiger partial charge is 0.313 e. The highest BCUT2D eigenvalue weighted by molar-refractivity contribution is 5.77. The summed E-state index contributed by atoms with van der Waals surface area (Å²) in [6, 6.07) is 0. The van der Waals surface area contributed by atoms with Crippen molar-refractivity contribution in [3.8, 4) is 0 Å². The molecule has 162 valence electrons. The average Bonchev–Trinajstić information content (AvgIpc) is 2.71. The maximum absolute atomic E-state index is 12.7. The Balaban J connectivity index is 5.30. The summed E-state index contributed by atoms with van der Waals surface area (Å²) in [6.07, 6.45) is 19.9. The van der Waals surface area contributed by atoms with E-state index >= 15 is 0 Å². The zero-order valence-electron chi connectivity index (χ0n) is 19.1. The molecular formula is C27H36O3. The highest BCUT2D eigenvalue weighted by Gasteiger charge is 2.26. The van der Waals surface area contributed by atoms with Gasteiger partial charge in [-0.05, 0) is 62.1 Å². The van der Waals surface area contributed by atoms with Crippen molar-refractivity contribution in [2.75, 3.05) is 6.61 Å². The monoisotopic (exact) mass is 408 g/mol. The Kier molecular flexibility index (Phi) is 14.2. The molecule has 0 aliphatic carbocycles. The van der Waals surface area contributed by atoms with Crippen molar-refractivity contribution < 1.29 is 14.3 Å². The predicted octanol–water partition coefficient (Wildman–Crippen LogP) is 7.17. The van der Waals surface area contributed by atoms with Crippen LogP contribution in [0.3, 0.4) is 0 Å². The number of rotatable bonds is 13. The van der Waals surface area contributed by atoms with Crippen LogP contribution in [0.1, 0.15) is 34.6 Å². The van der Waals surface area contributed by atoms with Crippen LogP contribution in [0.4, 0.5) is 0 Å². The van der Waals surface area contributed by atoms with Gasteiger partial charge in [0.2, 0.25) is 0 Å². The first-order valence-electron chi connectivity index (χ1n) is 10.1. The van der Waals surface area contributed by atoms with E-state index in [0.717, 1.165) is 5.57 Å². The lowest BCUT2D eigenvalue weighted by Crippen LogP contribution is -2.25. The van der Waals surface area contributed by atoms with E-state index < -0.39 is 0 Å². The number of hydrogen-bond donors (Lipinski definition) is 0. The molecule has 0 saturated heterocycles. The van der Waals surface area contributed by atoms with Crippen LogP contribution < -0.4 is 0 Å². The third-order valence-corrected chi connectivity index (χ3v) is 4.03. The van der Waals surface area contributed by atoms with Crippen LogP contribution in [0.15, 0.2) is 109 Å². The van der Waals surface area contributed by atoms with Crippen LogP contribution in [0.2, 0.25) is 0 Å². The van der Waals surface area contributed by atoms with E-state index in [1.165, 1.54) is 0 Å². The number of esters is 1. The predicted molar refractivity (Wildman–Crippen MR) is 129 cm³/mol. The van der Waals surface area contributed by atoms with Crippen LogP contribution >= 0.6 is 0 Å². The Hall–Kier alpha value is -3.07. The lowest BCUT2D eigenvalue weighted by atomic mass is 9.87. The molecule has 1 unspecified atom stereocenters. The Labute approximate surface area is 182 Å². The first kappa shape index (κ1) is 26.9. The van der Waals surface area contributed by atoms with E-state index in [1.54, 1.807) is 24.3 Å². The second kappa shape index (κ2) is 15.8. The van der Waals surface area contributed by atoms with Gasteiger partial charge in [0.05, 0.1) is 5.92 Å². The van der Waals surface area contributed by atoms with Gasteiger partial charge in [-0.25, -0.2) is 0 Å². The van der Waals surface area contributed by atoms with E-state index in [-0.39, 0.29) is 24.4 Å². The zero-order valence-corrected chi connectivity index (χ0v) is 19.1. The van der Waals surface area contributed by atoms with Gasteiger partial charge in [-0.1, -0.05) is 76.1 Å². The minimum absolute atomic E-state index is 0.0856. The van der Waals surface area contributed by atoms with Crippen LogP contribution in [-0.2, 0) is 14.3 Å². The van der Waals surface area contributed by atoms with Gasteiger partial charge in [-0.2, -0.15) is 0 Å². The summed E-state index contributed by atoms with van der Waals surface area (Å²) in [7, 11) is 0. The van der Waals surface area contributed by atoms with Crippen molar-refractivity contribution in [1.82, 2.24) is 0 Å². The number of hydrogen-bond acceptors (Lipinski definition) is 3. The second-order valence-corrected chi connectivity index (χ2v) is 6.81. The minimum Gasteiger partial charge on any atom is -0.460 e. The first-order valence-corrected chi connectivity index (χ1v) is 10.1. The van der Waals surface area contributed by atoms with Gasteiger partial charge in [0, 0.05) is 0 Å². The highest BCUT2D eigenvalue weighted by atomic mass is 16.5. The number of allylic oxidation sites excluding steroid dienone is 10. The van der Waals surface area contributed by atoms with Crippen molar-refractivity contribution in [3.63, 3.8) is 0 Å². The second-order valence-electron chi connectivity index (χ2n) is 6.81. The van der Waals surface area contributed by atoms with Crippen LogP contribution in [0.25, 0.3) is 0 Å². The summed E-state index contributed by atoms with van der Waals surface area (Å²) in [6.45, 7) is 21.1. The minimum atomic E-state index is -0.354. The summed E-state index contributed by atoms with van der Waals surface area (Å²) < 4.78 is 11.4. The highest BCUT2D eigenvalue weighted by Crippen LogP contribution is 2.24. The lowest BCUT2D eigenvalue weighted by molar-refractivity contribution is -0.147. The SMILES string of the molecule is C=C/C=C\C(=C/C)OC(/C=C\C)=C/C(=C)COC(=O)C(C(/C=C\C=C)=C/C)C(C)C. The molecule has 3 nitrogen and oxygen atoms in total. The molecule has 0 saturated carbocycles. The Morgan fingerprint density at radius 1 is 0.933 bits per heavy atom. The van der Waals surface area contributed by atoms with Gasteiger partial charge in [0.15, 0.2) is 0 Å². The van der Waals surface area contributed by atoms with E-state index in [0.29, 0.717) is 17.1 Å². The number of carbonyl (C=O) groups is 1. The van der Waals surface area contributed by atoms with Crippen molar-refractivity contribution in [1.29, 1.82) is 0 Å². The zero-order chi connectivity index (χ0) is 22.9. The molecule has 0 heterocycles. The fourth-order valence-corrected chi connectivity index (χ4v) is 2.61. The molecule has 0 aliphatic rings. The topological polar surface area (TPSA) is 35.5 Å². The Morgan fingerprint density at radius 3 is 2.07 bits per heavy atom.